The molecule has 0 radical (unpaired) electrons. The number of hydrogen-bond donors (Lipinski definition) is 2. The topological polar surface area (TPSA) is 79.3 Å². The Morgan fingerprint density at radius 3 is 2.89 bits per heavy atom. The van der Waals surface area contributed by atoms with Crippen molar-refractivity contribution in [1.82, 2.24) is 4.98 Å². The minimum Gasteiger partial charge on any atom is -0.477 e. The van der Waals surface area contributed by atoms with Crippen LogP contribution in [0.4, 0.5) is 5.69 Å². The standard InChI is InChI=1S/C13H14N2O3/c16-12(9-4-2-1-3-5-9)15-10-6-7-14-11(8-10)13(17)18/h1-2,6-9H,3-5H2,(H,17,18)(H,14,15,16). The number of rotatable bonds is 3. The number of nitrogens with zero attached hydrogens (tertiary/aromatic N) is 1. The van der Waals surface area contributed by atoms with Gasteiger partial charge in [-0.3, -0.25) is 4.79 Å². The van der Waals surface area contributed by atoms with E-state index in [1.807, 2.05) is 6.08 Å². The lowest BCUT2D eigenvalue weighted by molar-refractivity contribution is -0.120. The molecular weight excluding hydrogens is 232 g/mol. The van der Waals surface area contributed by atoms with Gasteiger partial charge in [0.2, 0.25) is 5.91 Å². The van der Waals surface area contributed by atoms with Crippen LogP contribution >= 0.6 is 0 Å². The smallest absolute Gasteiger partial charge is 0.354 e. The molecule has 2 N–H and O–H groups in total. The molecule has 5 nitrogen and oxygen atoms in total. The number of allylic oxidation sites excluding steroid dienone is 2. The molecule has 0 aliphatic heterocycles. The van der Waals surface area contributed by atoms with Crippen LogP contribution in [0.25, 0.3) is 0 Å². The number of aromatic carboxylic acids is 1. The van der Waals surface area contributed by atoms with E-state index in [1.54, 1.807) is 6.07 Å². The molecule has 18 heavy (non-hydrogen) atoms. The number of aromatic nitrogens is 1. The number of carboxylic acids is 1. The molecule has 1 aliphatic carbocycles. The summed E-state index contributed by atoms with van der Waals surface area (Å²) in [4.78, 5) is 26.4. The van der Waals surface area contributed by atoms with Crippen molar-refractivity contribution in [3.8, 4) is 0 Å². The van der Waals surface area contributed by atoms with Gasteiger partial charge in [-0.1, -0.05) is 12.2 Å². The molecule has 0 saturated carbocycles. The molecular formula is C13H14N2O3. The Bertz CT molecular complexity index is 497. The fourth-order valence-corrected chi connectivity index (χ4v) is 1.90. The Kier molecular flexibility index (Phi) is 3.72. The lowest BCUT2D eigenvalue weighted by Crippen LogP contribution is -2.23. The highest BCUT2D eigenvalue weighted by Gasteiger charge is 2.19. The number of carboxylic acid groups (broad SMARTS) is 1. The first-order valence-corrected chi connectivity index (χ1v) is 5.82. The zero-order valence-corrected chi connectivity index (χ0v) is 9.80. The Balaban J connectivity index is 2.04. The van der Waals surface area contributed by atoms with Crippen LogP contribution in [0.3, 0.4) is 0 Å². The van der Waals surface area contributed by atoms with Gasteiger partial charge >= 0.3 is 5.97 Å². The van der Waals surface area contributed by atoms with E-state index in [-0.39, 0.29) is 17.5 Å². The van der Waals surface area contributed by atoms with Gasteiger partial charge in [-0.2, -0.15) is 0 Å². The number of anilines is 1. The fourth-order valence-electron chi connectivity index (χ4n) is 1.90. The van der Waals surface area contributed by atoms with Crippen LogP contribution in [0.5, 0.6) is 0 Å². The van der Waals surface area contributed by atoms with Gasteiger partial charge in [0.15, 0.2) is 0 Å². The third-order valence-electron chi connectivity index (χ3n) is 2.89. The Morgan fingerprint density at radius 1 is 1.39 bits per heavy atom. The van der Waals surface area contributed by atoms with E-state index in [0.717, 1.165) is 19.3 Å². The van der Waals surface area contributed by atoms with Crippen LogP contribution in [0.2, 0.25) is 0 Å². The average molecular weight is 246 g/mol. The van der Waals surface area contributed by atoms with Crippen molar-refractivity contribution in [3.05, 3.63) is 36.2 Å². The minimum absolute atomic E-state index is 0.0311. The molecule has 0 fully saturated rings. The Hall–Kier alpha value is -2.17. The van der Waals surface area contributed by atoms with Crippen molar-refractivity contribution in [2.75, 3.05) is 5.32 Å². The molecule has 1 heterocycles. The summed E-state index contributed by atoms with van der Waals surface area (Å²) >= 11 is 0. The molecule has 0 aromatic carbocycles. The van der Waals surface area contributed by atoms with Gasteiger partial charge in [0, 0.05) is 17.8 Å². The van der Waals surface area contributed by atoms with Crippen molar-refractivity contribution >= 4 is 17.6 Å². The molecule has 0 saturated heterocycles. The normalized spacial score (nSPS) is 18.3. The molecule has 1 aromatic rings. The number of hydrogen-bond acceptors (Lipinski definition) is 3. The van der Waals surface area contributed by atoms with Crippen LogP contribution in [0.1, 0.15) is 29.8 Å². The molecule has 1 aliphatic rings. The Morgan fingerprint density at radius 2 is 2.22 bits per heavy atom. The second-order valence-electron chi connectivity index (χ2n) is 4.21. The molecule has 94 valence electrons. The van der Waals surface area contributed by atoms with Crippen molar-refractivity contribution in [1.29, 1.82) is 0 Å². The van der Waals surface area contributed by atoms with Crippen LogP contribution < -0.4 is 5.32 Å². The predicted molar refractivity (Wildman–Crippen MR) is 66.3 cm³/mol. The van der Waals surface area contributed by atoms with E-state index in [9.17, 15) is 9.59 Å². The van der Waals surface area contributed by atoms with E-state index in [2.05, 4.69) is 16.4 Å². The zero-order valence-electron chi connectivity index (χ0n) is 9.80. The van der Waals surface area contributed by atoms with Crippen molar-refractivity contribution < 1.29 is 14.7 Å². The van der Waals surface area contributed by atoms with Crippen molar-refractivity contribution in [3.63, 3.8) is 0 Å². The fraction of sp³-hybridized carbons (Fsp3) is 0.308. The summed E-state index contributed by atoms with van der Waals surface area (Å²) in [6, 6.07) is 2.95. The SMILES string of the molecule is O=C(O)c1cc(NC(=O)C2CC=CCC2)ccn1. The van der Waals surface area contributed by atoms with E-state index in [4.69, 9.17) is 5.11 Å². The molecule has 1 unspecified atom stereocenters. The van der Waals surface area contributed by atoms with Crippen molar-refractivity contribution in [2.45, 2.75) is 19.3 Å². The lowest BCUT2D eigenvalue weighted by atomic mass is 9.93. The maximum Gasteiger partial charge on any atom is 0.354 e. The first-order valence-electron chi connectivity index (χ1n) is 5.82. The van der Waals surface area contributed by atoms with Crippen molar-refractivity contribution in [2.24, 2.45) is 5.92 Å². The van der Waals surface area contributed by atoms with E-state index in [1.165, 1.54) is 12.3 Å². The van der Waals surface area contributed by atoms with Gasteiger partial charge in [0.25, 0.3) is 0 Å². The third kappa shape index (κ3) is 2.94. The Labute approximate surface area is 105 Å². The summed E-state index contributed by atoms with van der Waals surface area (Å²) in [6.07, 6.45) is 7.93. The molecule has 2 rings (SSSR count). The van der Waals surface area contributed by atoms with Crippen LogP contribution in [0, 0.1) is 5.92 Å². The molecule has 0 bridgehead atoms. The summed E-state index contributed by atoms with van der Waals surface area (Å²) in [5.41, 5.74) is 0.401. The highest BCUT2D eigenvalue weighted by atomic mass is 16.4. The van der Waals surface area contributed by atoms with Crippen LogP contribution in [-0.4, -0.2) is 22.0 Å². The number of nitrogens with one attached hydrogen (secondary N) is 1. The van der Waals surface area contributed by atoms with Gasteiger partial charge in [-0.05, 0) is 31.4 Å². The van der Waals surface area contributed by atoms with Crippen LogP contribution in [-0.2, 0) is 4.79 Å². The maximum atomic E-state index is 11.9. The maximum absolute atomic E-state index is 11.9. The van der Waals surface area contributed by atoms with E-state index in [0.29, 0.717) is 5.69 Å². The summed E-state index contributed by atoms with van der Waals surface area (Å²) in [5.74, 6) is -1.20. The van der Waals surface area contributed by atoms with Gasteiger partial charge in [0.1, 0.15) is 5.69 Å². The number of pyridine rings is 1. The summed E-state index contributed by atoms with van der Waals surface area (Å²) < 4.78 is 0. The first-order chi connectivity index (χ1) is 8.66. The van der Waals surface area contributed by atoms with E-state index >= 15 is 0 Å². The van der Waals surface area contributed by atoms with E-state index < -0.39 is 5.97 Å². The monoisotopic (exact) mass is 246 g/mol. The number of amides is 1. The number of carbonyl (C=O) groups is 2. The quantitative estimate of drug-likeness (QED) is 0.800. The molecule has 1 amide bonds. The molecule has 0 spiro atoms. The summed E-state index contributed by atoms with van der Waals surface area (Å²) in [7, 11) is 0. The second-order valence-corrected chi connectivity index (χ2v) is 4.21. The van der Waals surface area contributed by atoms with Gasteiger partial charge in [0.05, 0.1) is 0 Å². The average Bonchev–Trinajstić information content (AvgIpc) is 2.40. The highest BCUT2D eigenvalue weighted by molar-refractivity contribution is 5.94. The summed E-state index contributed by atoms with van der Waals surface area (Å²) in [6.45, 7) is 0. The lowest BCUT2D eigenvalue weighted by Gasteiger charge is -2.17. The largest absolute Gasteiger partial charge is 0.477 e. The highest BCUT2D eigenvalue weighted by Crippen LogP contribution is 2.20. The zero-order chi connectivity index (χ0) is 13.0. The first kappa shape index (κ1) is 12.3. The minimum atomic E-state index is -1.10. The van der Waals surface area contributed by atoms with Crippen LogP contribution in [0.15, 0.2) is 30.5 Å². The summed E-state index contributed by atoms with van der Waals surface area (Å²) in [5, 5.41) is 11.5. The number of carbonyl (C=O) groups excluding carboxylic acids is 1. The van der Waals surface area contributed by atoms with Gasteiger partial charge in [-0.15, -0.1) is 0 Å². The van der Waals surface area contributed by atoms with Gasteiger partial charge in [-0.25, -0.2) is 9.78 Å². The second kappa shape index (κ2) is 5.44. The molecule has 1 atom stereocenters. The third-order valence-corrected chi connectivity index (χ3v) is 2.89. The molecule has 1 aromatic heterocycles. The molecule has 5 heteroatoms. The van der Waals surface area contributed by atoms with Gasteiger partial charge < -0.3 is 10.4 Å². The predicted octanol–water partition coefficient (Wildman–Crippen LogP) is 2.07.